The fourth-order valence-corrected chi connectivity index (χ4v) is 4.26. The Morgan fingerprint density at radius 1 is 0.500 bits per heavy atom. The van der Waals surface area contributed by atoms with Crippen molar-refractivity contribution < 1.29 is 0 Å². The van der Waals surface area contributed by atoms with Gasteiger partial charge in [0.25, 0.3) is 0 Å². The second-order valence-corrected chi connectivity index (χ2v) is 7.00. The van der Waals surface area contributed by atoms with Gasteiger partial charge in [-0.15, -0.1) is 0 Å². The summed E-state index contributed by atoms with van der Waals surface area (Å²) in [6, 6.07) is 0. The Hall–Kier alpha value is -1.30. The Bertz CT molecular complexity index is 423. The standard InChI is InChI=1S/C12H18.C10H12/c1-2-4-6-8-10-12-11-9-7-5-3-1;1-2-9-7-4-5-8(6-7)10(9)3-1/h1-2,7-10H,3-6,11-12H2;1-2,4-5,7-10H,3,6H2/b2-1+,9-7+,10-8+;. The molecule has 0 heterocycles. The van der Waals surface area contributed by atoms with Crippen molar-refractivity contribution in [2.24, 2.45) is 23.7 Å². The SMILES string of the molecule is C1=C/CC/C=C/CC/C=C/CC/1.C1=CC2C3C=CC(C3)C2C1. The van der Waals surface area contributed by atoms with E-state index in [9.17, 15) is 0 Å². The molecule has 4 unspecified atom stereocenters. The summed E-state index contributed by atoms with van der Waals surface area (Å²) in [6.07, 6.45) is 33.5. The summed E-state index contributed by atoms with van der Waals surface area (Å²) < 4.78 is 0. The monoisotopic (exact) mass is 294 g/mol. The minimum Gasteiger partial charge on any atom is -0.0882 e. The summed E-state index contributed by atoms with van der Waals surface area (Å²) in [6.45, 7) is 0. The third-order valence-corrected chi connectivity index (χ3v) is 5.46. The maximum atomic E-state index is 2.44. The molecule has 1 fully saturated rings. The Balaban J connectivity index is 0.000000132. The molecule has 0 heteroatoms. The second-order valence-electron chi connectivity index (χ2n) is 7.00. The zero-order valence-electron chi connectivity index (χ0n) is 13.7. The lowest BCUT2D eigenvalue weighted by Crippen LogP contribution is -2.12. The Labute approximate surface area is 136 Å². The van der Waals surface area contributed by atoms with E-state index in [0.717, 1.165) is 23.7 Å². The van der Waals surface area contributed by atoms with Gasteiger partial charge in [-0.1, -0.05) is 60.8 Å². The minimum atomic E-state index is 0.925. The van der Waals surface area contributed by atoms with E-state index in [0.29, 0.717) is 0 Å². The number of rotatable bonds is 0. The van der Waals surface area contributed by atoms with Crippen molar-refractivity contribution in [3.63, 3.8) is 0 Å². The first-order chi connectivity index (χ1) is 10.9. The molecule has 4 rings (SSSR count). The molecule has 0 aromatic heterocycles. The van der Waals surface area contributed by atoms with E-state index >= 15 is 0 Å². The molecule has 4 atom stereocenters. The van der Waals surface area contributed by atoms with Crippen LogP contribution < -0.4 is 0 Å². The van der Waals surface area contributed by atoms with Gasteiger partial charge in [0, 0.05) is 0 Å². The van der Waals surface area contributed by atoms with Crippen LogP contribution in [0.5, 0.6) is 0 Å². The Morgan fingerprint density at radius 2 is 1.00 bits per heavy atom. The van der Waals surface area contributed by atoms with Crippen molar-refractivity contribution in [2.45, 2.75) is 51.4 Å². The summed E-state index contributed by atoms with van der Waals surface area (Å²) in [5, 5.41) is 0. The van der Waals surface area contributed by atoms with Gasteiger partial charge in [0.2, 0.25) is 0 Å². The molecule has 0 aromatic rings. The summed E-state index contributed by atoms with van der Waals surface area (Å²) in [5.41, 5.74) is 0. The summed E-state index contributed by atoms with van der Waals surface area (Å²) in [7, 11) is 0. The van der Waals surface area contributed by atoms with Crippen LogP contribution in [-0.2, 0) is 0 Å². The zero-order valence-corrected chi connectivity index (χ0v) is 13.7. The van der Waals surface area contributed by atoms with Gasteiger partial charge in [0.15, 0.2) is 0 Å². The van der Waals surface area contributed by atoms with E-state index in [1.807, 2.05) is 0 Å². The van der Waals surface area contributed by atoms with Crippen LogP contribution in [0.25, 0.3) is 0 Å². The molecule has 4 aliphatic rings. The van der Waals surface area contributed by atoms with Crippen molar-refractivity contribution >= 4 is 0 Å². The maximum Gasteiger partial charge on any atom is -0.0133 e. The van der Waals surface area contributed by atoms with Crippen LogP contribution in [0.1, 0.15) is 51.4 Å². The fourth-order valence-electron chi connectivity index (χ4n) is 4.26. The van der Waals surface area contributed by atoms with Gasteiger partial charge < -0.3 is 0 Å². The minimum absolute atomic E-state index is 0.925. The highest BCUT2D eigenvalue weighted by atomic mass is 14.5. The van der Waals surface area contributed by atoms with Crippen LogP contribution in [-0.4, -0.2) is 0 Å². The molecule has 0 saturated heterocycles. The van der Waals surface area contributed by atoms with Crippen molar-refractivity contribution in [2.75, 3.05) is 0 Å². The van der Waals surface area contributed by atoms with Gasteiger partial charge >= 0.3 is 0 Å². The van der Waals surface area contributed by atoms with Crippen LogP contribution >= 0.6 is 0 Å². The highest BCUT2D eigenvalue weighted by Gasteiger charge is 2.44. The summed E-state index contributed by atoms with van der Waals surface area (Å²) in [4.78, 5) is 0. The number of hydrogen-bond donors (Lipinski definition) is 0. The number of fused-ring (bicyclic) bond motifs is 5. The molecular formula is C22H30. The van der Waals surface area contributed by atoms with E-state index in [2.05, 4.69) is 60.8 Å². The van der Waals surface area contributed by atoms with Gasteiger partial charge in [-0.3, -0.25) is 0 Å². The molecule has 1 saturated carbocycles. The maximum absolute atomic E-state index is 2.44. The normalized spacial score (nSPS) is 40.0. The van der Waals surface area contributed by atoms with E-state index in [-0.39, 0.29) is 0 Å². The molecule has 0 radical (unpaired) electrons. The number of hydrogen-bond acceptors (Lipinski definition) is 0. The van der Waals surface area contributed by atoms with Gasteiger partial charge in [-0.05, 0) is 75.0 Å². The van der Waals surface area contributed by atoms with Crippen molar-refractivity contribution in [3.05, 3.63) is 60.8 Å². The Kier molecular flexibility index (Phi) is 5.93. The van der Waals surface area contributed by atoms with E-state index in [1.54, 1.807) is 0 Å². The van der Waals surface area contributed by atoms with Gasteiger partial charge in [-0.25, -0.2) is 0 Å². The molecule has 118 valence electrons. The first-order valence-corrected chi connectivity index (χ1v) is 9.25. The van der Waals surface area contributed by atoms with Crippen molar-refractivity contribution in [1.82, 2.24) is 0 Å². The van der Waals surface area contributed by atoms with Crippen LogP contribution in [0.3, 0.4) is 0 Å². The lowest BCUT2D eigenvalue weighted by atomic mass is 9.86. The van der Waals surface area contributed by atoms with Crippen LogP contribution in [0.4, 0.5) is 0 Å². The molecule has 0 aromatic carbocycles. The average molecular weight is 294 g/mol. The molecule has 0 nitrogen and oxygen atoms in total. The lowest BCUT2D eigenvalue weighted by Gasteiger charge is -2.18. The average Bonchev–Trinajstić information content (AvgIpc) is 3.23. The molecule has 22 heavy (non-hydrogen) atoms. The predicted octanol–water partition coefficient (Wildman–Crippen LogP) is 6.39. The van der Waals surface area contributed by atoms with E-state index in [4.69, 9.17) is 0 Å². The van der Waals surface area contributed by atoms with Gasteiger partial charge in [-0.2, -0.15) is 0 Å². The highest BCUT2D eigenvalue weighted by Crippen LogP contribution is 2.52. The highest BCUT2D eigenvalue weighted by molar-refractivity contribution is 5.21. The van der Waals surface area contributed by atoms with Gasteiger partial charge in [0.05, 0.1) is 0 Å². The Morgan fingerprint density at radius 3 is 1.50 bits per heavy atom. The summed E-state index contributed by atoms with van der Waals surface area (Å²) >= 11 is 0. The molecule has 2 bridgehead atoms. The van der Waals surface area contributed by atoms with Crippen LogP contribution in [0.15, 0.2) is 60.8 Å². The van der Waals surface area contributed by atoms with Gasteiger partial charge in [0.1, 0.15) is 0 Å². The topological polar surface area (TPSA) is 0 Å². The number of allylic oxidation sites excluding steroid dienone is 10. The fraction of sp³-hybridized carbons (Fsp3) is 0.545. The van der Waals surface area contributed by atoms with E-state index < -0.39 is 0 Å². The van der Waals surface area contributed by atoms with E-state index in [1.165, 1.54) is 51.4 Å². The predicted molar refractivity (Wildman–Crippen MR) is 96.6 cm³/mol. The molecule has 0 amide bonds. The second kappa shape index (κ2) is 8.36. The molecule has 4 aliphatic carbocycles. The smallest absolute Gasteiger partial charge is 0.0133 e. The lowest BCUT2D eigenvalue weighted by molar-refractivity contribution is 0.398. The first-order valence-electron chi connectivity index (χ1n) is 9.25. The third-order valence-electron chi connectivity index (χ3n) is 5.46. The molecule has 0 N–H and O–H groups in total. The van der Waals surface area contributed by atoms with Crippen LogP contribution in [0, 0.1) is 23.7 Å². The van der Waals surface area contributed by atoms with Crippen molar-refractivity contribution in [3.8, 4) is 0 Å². The third kappa shape index (κ3) is 4.12. The quantitative estimate of drug-likeness (QED) is 0.454. The van der Waals surface area contributed by atoms with Crippen molar-refractivity contribution in [1.29, 1.82) is 0 Å². The molecule has 0 spiro atoms. The largest absolute Gasteiger partial charge is 0.0882 e. The molecular weight excluding hydrogens is 264 g/mol. The first kappa shape index (κ1) is 15.6. The zero-order chi connectivity index (χ0) is 15.0. The molecule has 0 aliphatic heterocycles. The summed E-state index contributed by atoms with van der Waals surface area (Å²) in [5.74, 6) is 3.82. The van der Waals surface area contributed by atoms with Crippen LogP contribution in [0.2, 0.25) is 0 Å².